The molecule has 4 N–H and O–H groups in total. The van der Waals surface area contributed by atoms with Crippen LogP contribution < -0.4 is 11.1 Å². The van der Waals surface area contributed by atoms with Gasteiger partial charge in [0.05, 0.1) is 5.92 Å². The Morgan fingerprint density at radius 1 is 1.26 bits per heavy atom. The zero-order valence-corrected chi connectivity index (χ0v) is 11.9. The van der Waals surface area contributed by atoms with Gasteiger partial charge in [-0.05, 0) is 24.7 Å². The van der Waals surface area contributed by atoms with Gasteiger partial charge in [-0.2, -0.15) is 0 Å². The number of carbonyl (C=O) groups is 2. The van der Waals surface area contributed by atoms with Crippen LogP contribution in [0.2, 0.25) is 0 Å². The number of nitrogens with two attached hydrogens (primary N) is 1. The molecule has 0 saturated heterocycles. The highest BCUT2D eigenvalue weighted by atomic mass is 16.4. The molecule has 5 heteroatoms. The molecule has 0 radical (unpaired) electrons. The molecule has 2 atom stereocenters. The highest BCUT2D eigenvalue weighted by molar-refractivity contribution is 5.85. The monoisotopic (exact) mass is 270 g/mol. The van der Waals surface area contributed by atoms with Gasteiger partial charge in [0.15, 0.2) is 0 Å². The van der Waals surface area contributed by atoms with Crippen molar-refractivity contribution < 1.29 is 14.7 Å². The first-order chi connectivity index (χ1) is 8.97. The summed E-state index contributed by atoms with van der Waals surface area (Å²) >= 11 is 0. The summed E-state index contributed by atoms with van der Waals surface area (Å²) in [5.74, 6) is -1.30. The Kier molecular flexibility index (Phi) is 6.28. The van der Waals surface area contributed by atoms with Crippen LogP contribution in [0.5, 0.6) is 0 Å². The Bertz CT molecular complexity index is 312. The molecule has 1 saturated carbocycles. The van der Waals surface area contributed by atoms with Crippen LogP contribution in [0.15, 0.2) is 0 Å². The summed E-state index contributed by atoms with van der Waals surface area (Å²) in [6.07, 6.45) is 5.02. The second-order valence-electron chi connectivity index (χ2n) is 5.81. The number of carboxylic acids is 1. The van der Waals surface area contributed by atoms with E-state index in [2.05, 4.69) is 5.32 Å². The minimum absolute atomic E-state index is 0.0563. The minimum Gasteiger partial charge on any atom is -0.480 e. The molecule has 1 rings (SSSR count). The fourth-order valence-corrected chi connectivity index (χ4v) is 2.79. The molecule has 110 valence electrons. The van der Waals surface area contributed by atoms with E-state index >= 15 is 0 Å². The maximum absolute atomic E-state index is 12.1. The fraction of sp³-hybridized carbons (Fsp3) is 0.857. The average Bonchev–Trinajstić information content (AvgIpc) is 2.37. The summed E-state index contributed by atoms with van der Waals surface area (Å²) in [4.78, 5) is 23.5. The van der Waals surface area contributed by atoms with Gasteiger partial charge in [-0.25, -0.2) is 4.79 Å². The van der Waals surface area contributed by atoms with Gasteiger partial charge in [-0.15, -0.1) is 0 Å². The molecule has 19 heavy (non-hydrogen) atoms. The van der Waals surface area contributed by atoms with E-state index in [0.29, 0.717) is 0 Å². The van der Waals surface area contributed by atoms with E-state index in [4.69, 9.17) is 5.73 Å². The maximum Gasteiger partial charge on any atom is 0.326 e. The van der Waals surface area contributed by atoms with Crippen molar-refractivity contribution in [3.8, 4) is 0 Å². The first-order valence-electron chi connectivity index (χ1n) is 7.20. The number of carbonyl (C=O) groups excluding carboxylic acids is 1. The van der Waals surface area contributed by atoms with Crippen molar-refractivity contribution in [1.82, 2.24) is 5.32 Å². The van der Waals surface area contributed by atoms with E-state index in [1.165, 1.54) is 0 Å². The lowest BCUT2D eigenvalue weighted by Gasteiger charge is -2.29. The summed E-state index contributed by atoms with van der Waals surface area (Å²) in [6.45, 7) is 4.10. The Balaban J connectivity index is 2.67. The molecule has 0 heterocycles. The van der Waals surface area contributed by atoms with Crippen molar-refractivity contribution in [3.05, 3.63) is 0 Å². The number of hydrogen-bond acceptors (Lipinski definition) is 3. The standard InChI is InChI=1S/C14H26N2O3/c1-9(2)11(8-15)13(17)16-12(14(18)19)10-6-4-3-5-7-10/h9-12H,3-8,15H2,1-2H3,(H,16,17)(H,18,19). The van der Waals surface area contributed by atoms with Gasteiger partial charge >= 0.3 is 5.97 Å². The molecule has 0 aromatic carbocycles. The summed E-state index contributed by atoms with van der Waals surface area (Å²) < 4.78 is 0. The number of hydrogen-bond donors (Lipinski definition) is 3. The smallest absolute Gasteiger partial charge is 0.326 e. The van der Waals surface area contributed by atoms with Crippen LogP contribution in [0.25, 0.3) is 0 Å². The molecule has 0 aliphatic heterocycles. The zero-order chi connectivity index (χ0) is 14.4. The van der Waals surface area contributed by atoms with Gasteiger partial charge in [0.1, 0.15) is 6.04 Å². The van der Waals surface area contributed by atoms with Crippen molar-refractivity contribution in [1.29, 1.82) is 0 Å². The highest BCUT2D eigenvalue weighted by Crippen LogP contribution is 2.27. The van der Waals surface area contributed by atoms with Crippen molar-refractivity contribution >= 4 is 11.9 Å². The zero-order valence-electron chi connectivity index (χ0n) is 11.9. The number of rotatable bonds is 6. The molecule has 0 bridgehead atoms. The third-order valence-electron chi connectivity index (χ3n) is 4.08. The van der Waals surface area contributed by atoms with Gasteiger partial charge in [-0.1, -0.05) is 33.1 Å². The van der Waals surface area contributed by atoms with Gasteiger partial charge < -0.3 is 16.2 Å². The summed E-state index contributed by atoms with van der Waals surface area (Å²) in [7, 11) is 0. The van der Waals surface area contributed by atoms with Gasteiger partial charge in [0.2, 0.25) is 5.91 Å². The number of aliphatic carboxylic acids is 1. The summed E-state index contributed by atoms with van der Waals surface area (Å²) in [5, 5.41) is 12.0. The SMILES string of the molecule is CC(C)C(CN)C(=O)NC(C(=O)O)C1CCCCC1. The van der Waals surface area contributed by atoms with Crippen molar-refractivity contribution in [3.63, 3.8) is 0 Å². The molecule has 1 amide bonds. The van der Waals surface area contributed by atoms with E-state index in [1.807, 2.05) is 13.8 Å². The van der Waals surface area contributed by atoms with Gasteiger partial charge in [-0.3, -0.25) is 4.79 Å². The Morgan fingerprint density at radius 2 is 1.84 bits per heavy atom. The number of nitrogens with one attached hydrogen (secondary N) is 1. The third-order valence-corrected chi connectivity index (χ3v) is 4.08. The fourth-order valence-electron chi connectivity index (χ4n) is 2.79. The molecular weight excluding hydrogens is 244 g/mol. The first kappa shape index (κ1) is 16.0. The van der Waals surface area contributed by atoms with Crippen LogP contribution in [-0.4, -0.2) is 29.6 Å². The van der Waals surface area contributed by atoms with E-state index in [0.717, 1.165) is 32.1 Å². The Hall–Kier alpha value is -1.10. The normalized spacial score (nSPS) is 20.0. The van der Waals surface area contributed by atoms with Crippen molar-refractivity contribution in [2.45, 2.75) is 52.0 Å². The lowest BCUT2D eigenvalue weighted by atomic mass is 9.83. The van der Waals surface area contributed by atoms with E-state index < -0.39 is 12.0 Å². The van der Waals surface area contributed by atoms with Crippen molar-refractivity contribution in [2.75, 3.05) is 6.54 Å². The molecule has 0 aromatic rings. The highest BCUT2D eigenvalue weighted by Gasteiger charge is 2.32. The lowest BCUT2D eigenvalue weighted by Crippen LogP contribution is -2.50. The molecule has 2 unspecified atom stereocenters. The largest absolute Gasteiger partial charge is 0.480 e. The number of carboxylic acid groups (broad SMARTS) is 1. The molecular formula is C14H26N2O3. The Morgan fingerprint density at radius 3 is 2.26 bits per heavy atom. The van der Waals surface area contributed by atoms with Crippen LogP contribution in [0, 0.1) is 17.8 Å². The van der Waals surface area contributed by atoms with E-state index in [-0.39, 0.29) is 30.2 Å². The Labute approximate surface area is 114 Å². The average molecular weight is 270 g/mol. The second kappa shape index (κ2) is 7.48. The molecule has 0 spiro atoms. The molecule has 1 aliphatic carbocycles. The van der Waals surface area contributed by atoms with Gasteiger partial charge in [0.25, 0.3) is 0 Å². The quantitative estimate of drug-likeness (QED) is 0.679. The second-order valence-corrected chi connectivity index (χ2v) is 5.81. The molecule has 1 fully saturated rings. The third kappa shape index (κ3) is 4.49. The van der Waals surface area contributed by atoms with Crippen LogP contribution in [0.1, 0.15) is 46.0 Å². The predicted molar refractivity (Wildman–Crippen MR) is 73.5 cm³/mol. The lowest BCUT2D eigenvalue weighted by molar-refractivity contribution is -0.144. The topological polar surface area (TPSA) is 92.4 Å². The summed E-state index contributed by atoms with van der Waals surface area (Å²) in [6, 6.07) is -0.763. The first-order valence-corrected chi connectivity index (χ1v) is 7.20. The number of amides is 1. The molecule has 5 nitrogen and oxygen atoms in total. The summed E-state index contributed by atoms with van der Waals surface area (Å²) in [5.41, 5.74) is 5.60. The van der Waals surface area contributed by atoms with E-state index in [1.54, 1.807) is 0 Å². The van der Waals surface area contributed by atoms with Gasteiger partial charge in [0, 0.05) is 6.54 Å². The van der Waals surface area contributed by atoms with Crippen molar-refractivity contribution in [2.24, 2.45) is 23.5 Å². The van der Waals surface area contributed by atoms with Crippen LogP contribution in [0.3, 0.4) is 0 Å². The molecule has 1 aliphatic rings. The van der Waals surface area contributed by atoms with Crippen LogP contribution in [-0.2, 0) is 9.59 Å². The maximum atomic E-state index is 12.1. The van der Waals surface area contributed by atoms with E-state index in [9.17, 15) is 14.7 Å². The predicted octanol–water partition coefficient (Wildman–Crippen LogP) is 1.37. The van der Waals surface area contributed by atoms with Crippen LogP contribution in [0.4, 0.5) is 0 Å². The minimum atomic E-state index is -0.931. The molecule has 0 aromatic heterocycles. The van der Waals surface area contributed by atoms with Crippen LogP contribution >= 0.6 is 0 Å².